The Balaban J connectivity index is 0. The molecule has 10 heteroatoms. The van der Waals surface area contributed by atoms with Crippen LogP contribution < -0.4 is 0 Å². The fraction of sp³-hybridized carbons (Fsp3) is 0.750. The molecule has 0 saturated heterocycles. The van der Waals surface area contributed by atoms with Gasteiger partial charge in [-0.05, 0) is 0 Å². The van der Waals surface area contributed by atoms with E-state index in [1.54, 1.807) is 0 Å². The molecule has 7 nitrogen and oxygen atoms in total. The summed E-state index contributed by atoms with van der Waals surface area (Å²) in [5.74, 6) is -1.29. The van der Waals surface area contributed by atoms with Gasteiger partial charge in [0, 0.05) is 0 Å². The van der Waals surface area contributed by atoms with Gasteiger partial charge in [0.1, 0.15) is 5.88 Å². The largest absolute Gasteiger partial charge is 0.480 e. The van der Waals surface area contributed by atoms with E-state index >= 15 is 0 Å². The Labute approximate surface area is 86.9 Å². The SMILES string of the molecule is CS(=O)(=O)OS(C)(=O)=O.O=C(O)CCl. The third-order valence-corrected chi connectivity index (χ3v) is 2.57. The molecule has 14 heavy (non-hydrogen) atoms. The van der Waals surface area contributed by atoms with Gasteiger partial charge in [-0.25, -0.2) is 0 Å². The van der Waals surface area contributed by atoms with Crippen LogP contribution in [0.3, 0.4) is 0 Å². The minimum absolute atomic E-state index is 0.306. The zero-order valence-electron chi connectivity index (χ0n) is 7.30. The maximum absolute atomic E-state index is 10.0. The molecule has 0 aromatic carbocycles. The molecular formula is C4H9ClO7S2. The second-order valence-corrected chi connectivity index (χ2v) is 5.63. The molecule has 0 unspecified atom stereocenters. The van der Waals surface area contributed by atoms with Crippen molar-refractivity contribution in [3.05, 3.63) is 0 Å². The van der Waals surface area contributed by atoms with Gasteiger partial charge < -0.3 is 5.11 Å². The molecule has 0 atom stereocenters. The Kier molecular flexibility index (Phi) is 7.08. The highest BCUT2D eigenvalue weighted by molar-refractivity contribution is 7.99. The summed E-state index contributed by atoms with van der Waals surface area (Å²) in [5.41, 5.74) is 0. The zero-order chi connectivity index (χ0) is 12.0. The Hall–Kier alpha value is -0.380. The van der Waals surface area contributed by atoms with E-state index in [0.717, 1.165) is 0 Å². The number of alkyl halides is 1. The predicted molar refractivity (Wildman–Crippen MR) is 49.1 cm³/mol. The van der Waals surface area contributed by atoms with Crippen molar-refractivity contribution in [1.82, 2.24) is 0 Å². The zero-order valence-corrected chi connectivity index (χ0v) is 9.69. The molecule has 0 heterocycles. The van der Waals surface area contributed by atoms with E-state index in [1.165, 1.54) is 0 Å². The lowest BCUT2D eigenvalue weighted by atomic mass is 10.8. The lowest BCUT2D eigenvalue weighted by Crippen LogP contribution is -2.09. The van der Waals surface area contributed by atoms with Crippen molar-refractivity contribution in [2.75, 3.05) is 18.4 Å². The molecular weight excluding hydrogens is 260 g/mol. The normalized spacial score (nSPS) is 11.4. The molecule has 0 amide bonds. The Morgan fingerprint density at radius 1 is 1.21 bits per heavy atom. The van der Waals surface area contributed by atoms with Crippen LogP contribution in [0.2, 0.25) is 0 Å². The molecule has 0 saturated carbocycles. The van der Waals surface area contributed by atoms with Gasteiger partial charge in [-0.3, -0.25) is 4.79 Å². The van der Waals surface area contributed by atoms with Gasteiger partial charge in [0.2, 0.25) is 0 Å². The molecule has 86 valence electrons. The van der Waals surface area contributed by atoms with Crippen molar-refractivity contribution >= 4 is 37.8 Å². The first-order chi connectivity index (χ1) is 5.98. The van der Waals surface area contributed by atoms with Crippen LogP contribution in [-0.4, -0.2) is 46.3 Å². The molecule has 0 aliphatic heterocycles. The van der Waals surface area contributed by atoms with Crippen molar-refractivity contribution < 1.29 is 30.4 Å². The number of carbonyl (C=O) groups is 1. The van der Waals surface area contributed by atoms with Gasteiger partial charge in [0.15, 0.2) is 0 Å². The highest BCUT2D eigenvalue weighted by atomic mass is 35.5. The number of carboxylic acids is 1. The average molecular weight is 269 g/mol. The van der Waals surface area contributed by atoms with Crippen molar-refractivity contribution in [3.63, 3.8) is 0 Å². The molecule has 0 aliphatic rings. The average Bonchev–Trinajstić information content (AvgIpc) is 1.80. The van der Waals surface area contributed by atoms with E-state index in [0.29, 0.717) is 12.5 Å². The van der Waals surface area contributed by atoms with Crippen LogP contribution in [0.4, 0.5) is 0 Å². The van der Waals surface area contributed by atoms with E-state index < -0.39 is 26.2 Å². The van der Waals surface area contributed by atoms with E-state index in [2.05, 4.69) is 3.63 Å². The van der Waals surface area contributed by atoms with Gasteiger partial charge in [-0.1, -0.05) is 0 Å². The second kappa shape index (κ2) is 6.17. The third kappa shape index (κ3) is 22.6. The topological polar surface area (TPSA) is 115 Å². The van der Waals surface area contributed by atoms with Crippen LogP contribution in [0.5, 0.6) is 0 Å². The number of rotatable bonds is 3. The van der Waals surface area contributed by atoms with Crippen LogP contribution in [0, 0.1) is 0 Å². The highest BCUT2D eigenvalue weighted by Gasteiger charge is 2.10. The quantitative estimate of drug-likeness (QED) is 0.668. The first kappa shape index (κ1) is 16.1. The molecule has 0 aromatic heterocycles. The Morgan fingerprint density at radius 2 is 1.43 bits per heavy atom. The summed E-state index contributed by atoms with van der Waals surface area (Å²) in [5, 5.41) is 7.59. The van der Waals surface area contributed by atoms with Crippen LogP contribution in [-0.2, 0) is 28.7 Å². The molecule has 0 spiro atoms. The number of carboxylic acid groups (broad SMARTS) is 1. The minimum atomic E-state index is -3.87. The van der Waals surface area contributed by atoms with E-state index in [-0.39, 0.29) is 5.88 Å². The minimum Gasteiger partial charge on any atom is -0.480 e. The van der Waals surface area contributed by atoms with E-state index in [4.69, 9.17) is 16.7 Å². The summed E-state index contributed by atoms with van der Waals surface area (Å²) in [6.07, 6.45) is 1.32. The van der Waals surface area contributed by atoms with Crippen LogP contribution >= 0.6 is 11.6 Å². The van der Waals surface area contributed by atoms with Crippen LogP contribution in [0.15, 0.2) is 0 Å². The summed E-state index contributed by atoms with van der Waals surface area (Å²) >= 11 is 4.74. The molecule has 0 rings (SSSR count). The van der Waals surface area contributed by atoms with Gasteiger partial charge in [-0.2, -0.15) is 16.8 Å². The number of hydrogen-bond acceptors (Lipinski definition) is 6. The van der Waals surface area contributed by atoms with E-state index in [1.807, 2.05) is 0 Å². The highest BCUT2D eigenvalue weighted by Crippen LogP contribution is 1.92. The van der Waals surface area contributed by atoms with Crippen molar-refractivity contribution in [3.8, 4) is 0 Å². The second-order valence-electron chi connectivity index (χ2n) is 2.00. The Bertz CT molecular complexity index is 336. The summed E-state index contributed by atoms with van der Waals surface area (Å²) in [6.45, 7) is 0. The van der Waals surface area contributed by atoms with Crippen LogP contribution in [0.1, 0.15) is 0 Å². The van der Waals surface area contributed by atoms with Gasteiger partial charge in [0.05, 0.1) is 12.5 Å². The number of halogens is 1. The van der Waals surface area contributed by atoms with Crippen molar-refractivity contribution in [2.24, 2.45) is 0 Å². The van der Waals surface area contributed by atoms with E-state index in [9.17, 15) is 21.6 Å². The Morgan fingerprint density at radius 3 is 1.43 bits per heavy atom. The lowest BCUT2D eigenvalue weighted by Gasteiger charge is -1.92. The summed E-state index contributed by atoms with van der Waals surface area (Å²) < 4.78 is 43.8. The monoisotopic (exact) mass is 268 g/mol. The number of aliphatic carboxylic acids is 1. The van der Waals surface area contributed by atoms with Gasteiger partial charge in [-0.15, -0.1) is 15.2 Å². The van der Waals surface area contributed by atoms with Gasteiger partial charge in [0.25, 0.3) is 20.2 Å². The molecule has 1 N–H and O–H groups in total. The lowest BCUT2D eigenvalue weighted by molar-refractivity contribution is -0.134. The van der Waals surface area contributed by atoms with Gasteiger partial charge >= 0.3 is 5.97 Å². The van der Waals surface area contributed by atoms with Crippen molar-refractivity contribution in [1.29, 1.82) is 0 Å². The predicted octanol–water partition coefficient (Wildman–Crippen LogP) is -0.768. The molecule has 0 fully saturated rings. The fourth-order valence-electron chi connectivity index (χ4n) is 0.225. The first-order valence-electron chi connectivity index (χ1n) is 2.87. The molecule has 0 bridgehead atoms. The molecule has 0 aromatic rings. The summed E-state index contributed by atoms with van der Waals surface area (Å²) in [4.78, 5) is 9.24. The molecule has 0 aliphatic carbocycles. The van der Waals surface area contributed by atoms with Crippen molar-refractivity contribution in [2.45, 2.75) is 0 Å². The fourth-order valence-corrected chi connectivity index (χ4v) is 2.02. The summed E-state index contributed by atoms with van der Waals surface area (Å²) in [6, 6.07) is 0. The maximum Gasteiger partial charge on any atom is 0.318 e. The number of hydrogen-bond donors (Lipinski definition) is 1. The maximum atomic E-state index is 10.0. The summed E-state index contributed by atoms with van der Waals surface area (Å²) in [7, 11) is -7.74. The van der Waals surface area contributed by atoms with Crippen LogP contribution in [0.25, 0.3) is 0 Å². The standard InChI is InChI=1S/C2H3ClO2.C2H6O5S2/c3-1-2(4)5;1-8(3,4)7-9(2,5)6/h1H2,(H,4,5);1-2H3. The molecule has 0 radical (unpaired) electrons. The first-order valence-corrected chi connectivity index (χ1v) is 7.03. The third-order valence-electron chi connectivity index (χ3n) is 0.362. The smallest absolute Gasteiger partial charge is 0.318 e.